The fourth-order valence-electron chi connectivity index (χ4n) is 2.15. The first-order valence-electron chi connectivity index (χ1n) is 5.98. The minimum atomic E-state index is -0.981. The maximum absolute atomic E-state index is 11.1. The van der Waals surface area contributed by atoms with Crippen LogP contribution in [0.5, 0.6) is 0 Å². The number of carboxylic acid groups (broad SMARTS) is 1. The summed E-state index contributed by atoms with van der Waals surface area (Å²) in [7, 11) is 1.99. The van der Waals surface area contributed by atoms with Crippen molar-refractivity contribution in [1.82, 2.24) is 14.9 Å². The smallest absolute Gasteiger partial charge is 0.339 e. The predicted octanol–water partition coefficient (Wildman–Crippen LogP) is 0.786. The highest BCUT2D eigenvalue weighted by molar-refractivity contribution is 5.88. The van der Waals surface area contributed by atoms with E-state index < -0.39 is 5.97 Å². The van der Waals surface area contributed by atoms with Crippen molar-refractivity contribution in [3.63, 3.8) is 0 Å². The summed E-state index contributed by atoms with van der Waals surface area (Å²) in [4.78, 5) is 21.0. The zero-order valence-electron chi connectivity index (χ0n) is 10.4. The molecule has 98 valence electrons. The highest BCUT2D eigenvalue weighted by Crippen LogP contribution is 2.16. The second kappa shape index (κ2) is 5.88. The van der Waals surface area contributed by atoms with Crippen LogP contribution in [0.25, 0.3) is 0 Å². The average Bonchev–Trinajstić information content (AvgIpc) is 2.40. The lowest BCUT2D eigenvalue weighted by Crippen LogP contribution is -2.36. The molecule has 1 saturated heterocycles. The monoisotopic (exact) mass is 251 g/mol. The van der Waals surface area contributed by atoms with Gasteiger partial charge in [0, 0.05) is 32.0 Å². The summed E-state index contributed by atoms with van der Waals surface area (Å²) in [6, 6.07) is 0.426. The van der Waals surface area contributed by atoms with Gasteiger partial charge in [0.25, 0.3) is 0 Å². The average molecular weight is 251 g/mol. The van der Waals surface area contributed by atoms with E-state index in [0.29, 0.717) is 18.3 Å². The van der Waals surface area contributed by atoms with Gasteiger partial charge in [-0.05, 0) is 19.9 Å². The van der Waals surface area contributed by atoms with Crippen molar-refractivity contribution in [3.8, 4) is 0 Å². The molecule has 0 aliphatic carbocycles. The fraction of sp³-hybridized carbons (Fsp3) is 0.583. The SMILES string of the molecule is CN(Cc1ncncc1C(=O)O)C1CCOCC1. The van der Waals surface area contributed by atoms with Crippen molar-refractivity contribution in [2.75, 3.05) is 20.3 Å². The van der Waals surface area contributed by atoms with Crippen molar-refractivity contribution < 1.29 is 14.6 Å². The second-order valence-corrected chi connectivity index (χ2v) is 4.45. The predicted molar refractivity (Wildman–Crippen MR) is 64.3 cm³/mol. The van der Waals surface area contributed by atoms with Gasteiger partial charge >= 0.3 is 5.97 Å². The molecule has 0 spiro atoms. The number of rotatable bonds is 4. The van der Waals surface area contributed by atoms with Crippen LogP contribution in [0.2, 0.25) is 0 Å². The number of ether oxygens (including phenoxy) is 1. The molecule has 2 rings (SSSR count). The molecule has 1 aliphatic heterocycles. The number of aromatic carboxylic acids is 1. The van der Waals surface area contributed by atoms with E-state index in [9.17, 15) is 4.79 Å². The first-order chi connectivity index (χ1) is 8.68. The standard InChI is InChI=1S/C12H17N3O3/c1-15(9-2-4-18-5-3-9)7-11-10(12(16)17)6-13-8-14-11/h6,8-9H,2-5,7H2,1H3,(H,16,17). The molecule has 1 aliphatic rings. The summed E-state index contributed by atoms with van der Waals surface area (Å²) in [6.45, 7) is 2.06. The minimum Gasteiger partial charge on any atom is -0.478 e. The van der Waals surface area contributed by atoms with Gasteiger partial charge in [0.2, 0.25) is 0 Å². The topological polar surface area (TPSA) is 75.6 Å². The lowest BCUT2D eigenvalue weighted by molar-refractivity contribution is 0.0400. The van der Waals surface area contributed by atoms with Gasteiger partial charge in [0.1, 0.15) is 11.9 Å². The molecule has 0 amide bonds. The van der Waals surface area contributed by atoms with Crippen molar-refractivity contribution >= 4 is 5.97 Å². The Morgan fingerprint density at radius 3 is 2.94 bits per heavy atom. The van der Waals surface area contributed by atoms with Gasteiger partial charge in [-0.25, -0.2) is 14.8 Å². The molecule has 1 fully saturated rings. The summed E-state index contributed by atoms with van der Waals surface area (Å²) >= 11 is 0. The normalized spacial score (nSPS) is 17.0. The molecular formula is C12H17N3O3. The van der Waals surface area contributed by atoms with Gasteiger partial charge in [-0.3, -0.25) is 4.90 Å². The Balaban J connectivity index is 2.06. The Kier molecular flexibility index (Phi) is 4.22. The summed E-state index contributed by atoms with van der Waals surface area (Å²) in [5, 5.41) is 9.07. The van der Waals surface area contributed by atoms with Gasteiger partial charge in [-0.2, -0.15) is 0 Å². The van der Waals surface area contributed by atoms with E-state index in [4.69, 9.17) is 9.84 Å². The molecule has 2 heterocycles. The third kappa shape index (κ3) is 3.02. The van der Waals surface area contributed by atoms with E-state index in [1.807, 2.05) is 7.05 Å². The highest BCUT2D eigenvalue weighted by atomic mass is 16.5. The van der Waals surface area contributed by atoms with E-state index in [1.54, 1.807) is 0 Å². The molecule has 0 atom stereocenters. The Morgan fingerprint density at radius 1 is 1.56 bits per heavy atom. The maximum Gasteiger partial charge on any atom is 0.339 e. The molecule has 1 aromatic rings. The van der Waals surface area contributed by atoms with Crippen LogP contribution in [0, 0.1) is 0 Å². The highest BCUT2D eigenvalue weighted by Gasteiger charge is 2.21. The molecule has 0 bridgehead atoms. The molecule has 18 heavy (non-hydrogen) atoms. The summed E-state index contributed by atoms with van der Waals surface area (Å²) in [6.07, 6.45) is 4.69. The van der Waals surface area contributed by atoms with E-state index in [2.05, 4.69) is 14.9 Å². The van der Waals surface area contributed by atoms with Gasteiger partial charge in [-0.15, -0.1) is 0 Å². The van der Waals surface area contributed by atoms with Crippen molar-refractivity contribution in [3.05, 3.63) is 23.8 Å². The van der Waals surface area contributed by atoms with Crippen LogP contribution >= 0.6 is 0 Å². The molecule has 1 aromatic heterocycles. The molecule has 0 saturated carbocycles. The van der Waals surface area contributed by atoms with E-state index in [0.717, 1.165) is 26.1 Å². The van der Waals surface area contributed by atoms with Crippen LogP contribution in [0.4, 0.5) is 0 Å². The molecule has 6 nitrogen and oxygen atoms in total. The second-order valence-electron chi connectivity index (χ2n) is 4.45. The fourth-order valence-corrected chi connectivity index (χ4v) is 2.15. The number of carboxylic acids is 1. The Bertz CT molecular complexity index is 419. The third-order valence-electron chi connectivity index (χ3n) is 3.24. The van der Waals surface area contributed by atoms with Crippen LogP contribution in [0.1, 0.15) is 28.9 Å². The maximum atomic E-state index is 11.1. The molecule has 6 heteroatoms. The largest absolute Gasteiger partial charge is 0.478 e. The zero-order chi connectivity index (χ0) is 13.0. The van der Waals surface area contributed by atoms with Crippen LogP contribution in [0.15, 0.2) is 12.5 Å². The quantitative estimate of drug-likeness (QED) is 0.852. The zero-order valence-corrected chi connectivity index (χ0v) is 10.4. The van der Waals surface area contributed by atoms with Crippen molar-refractivity contribution in [2.45, 2.75) is 25.4 Å². The lowest BCUT2D eigenvalue weighted by Gasteiger charge is -2.31. The van der Waals surface area contributed by atoms with Crippen LogP contribution in [-0.2, 0) is 11.3 Å². The third-order valence-corrected chi connectivity index (χ3v) is 3.24. The minimum absolute atomic E-state index is 0.177. The number of aromatic nitrogens is 2. The number of carbonyl (C=O) groups is 1. The van der Waals surface area contributed by atoms with E-state index in [-0.39, 0.29) is 5.56 Å². The van der Waals surface area contributed by atoms with Gasteiger partial charge in [-0.1, -0.05) is 0 Å². The molecule has 0 unspecified atom stereocenters. The molecule has 0 aromatic carbocycles. The molecule has 0 radical (unpaired) electrons. The Labute approximate surface area is 106 Å². The summed E-state index contributed by atoms with van der Waals surface area (Å²) in [5.41, 5.74) is 0.739. The van der Waals surface area contributed by atoms with Gasteiger partial charge in [0.15, 0.2) is 0 Å². The van der Waals surface area contributed by atoms with E-state index in [1.165, 1.54) is 12.5 Å². The summed E-state index contributed by atoms with van der Waals surface area (Å²) in [5.74, 6) is -0.981. The van der Waals surface area contributed by atoms with Crippen molar-refractivity contribution in [2.24, 2.45) is 0 Å². The molecule has 1 N–H and O–H groups in total. The molecular weight excluding hydrogens is 234 g/mol. The van der Waals surface area contributed by atoms with Crippen LogP contribution in [-0.4, -0.2) is 52.2 Å². The number of hydrogen-bond donors (Lipinski definition) is 1. The van der Waals surface area contributed by atoms with Gasteiger partial charge < -0.3 is 9.84 Å². The summed E-state index contributed by atoms with van der Waals surface area (Å²) < 4.78 is 5.32. The first kappa shape index (κ1) is 12.9. The number of hydrogen-bond acceptors (Lipinski definition) is 5. The first-order valence-corrected chi connectivity index (χ1v) is 5.98. The van der Waals surface area contributed by atoms with Crippen LogP contribution in [0.3, 0.4) is 0 Å². The lowest BCUT2D eigenvalue weighted by atomic mass is 10.1. The number of nitrogens with zero attached hydrogens (tertiary/aromatic N) is 3. The Morgan fingerprint density at radius 2 is 2.28 bits per heavy atom. The van der Waals surface area contributed by atoms with Crippen LogP contribution < -0.4 is 0 Å². The van der Waals surface area contributed by atoms with E-state index >= 15 is 0 Å². The Hall–Kier alpha value is -1.53. The van der Waals surface area contributed by atoms with Crippen molar-refractivity contribution in [1.29, 1.82) is 0 Å². The van der Waals surface area contributed by atoms with Gasteiger partial charge in [0.05, 0.1) is 5.69 Å².